The van der Waals surface area contributed by atoms with Crippen molar-refractivity contribution in [3.8, 4) is 0 Å². The first-order valence-electron chi connectivity index (χ1n) is 5.90. The van der Waals surface area contributed by atoms with Crippen LogP contribution in [-0.2, 0) is 0 Å². The first kappa shape index (κ1) is 11.4. The van der Waals surface area contributed by atoms with E-state index in [9.17, 15) is 8.78 Å². The average molecular weight is 225 g/mol. The van der Waals surface area contributed by atoms with Gasteiger partial charge in [-0.1, -0.05) is 13.3 Å². The highest BCUT2D eigenvalue weighted by Gasteiger charge is 2.23. The van der Waals surface area contributed by atoms with Gasteiger partial charge in [-0.2, -0.15) is 0 Å². The predicted molar refractivity (Wildman–Crippen MR) is 61.4 cm³/mol. The van der Waals surface area contributed by atoms with Crippen molar-refractivity contribution in [3.63, 3.8) is 0 Å². The highest BCUT2D eigenvalue weighted by atomic mass is 19.1. The lowest BCUT2D eigenvalue weighted by molar-refractivity contribution is 0.524. The minimum absolute atomic E-state index is 0.293. The summed E-state index contributed by atoms with van der Waals surface area (Å²) in [5, 5.41) is 3.10. The van der Waals surface area contributed by atoms with E-state index in [1.54, 1.807) is 0 Å². The second-order valence-corrected chi connectivity index (χ2v) is 4.55. The number of halogens is 2. The average Bonchev–Trinajstić information content (AvgIpc) is 2.71. The third kappa shape index (κ3) is 2.52. The lowest BCUT2D eigenvalue weighted by Gasteiger charge is -2.15. The molecule has 1 aliphatic rings. The first-order valence-corrected chi connectivity index (χ1v) is 5.90. The van der Waals surface area contributed by atoms with Gasteiger partial charge in [-0.15, -0.1) is 0 Å². The molecule has 1 aromatic rings. The van der Waals surface area contributed by atoms with Gasteiger partial charge in [0.15, 0.2) is 0 Å². The molecule has 2 rings (SSSR count). The van der Waals surface area contributed by atoms with Crippen molar-refractivity contribution < 1.29 is 8.78 Å². The summed E-state index contributed by atoms with van der Waals surface area (Å²) in [4.78, 5) is 0. The Hall–Kier alpha value is -1.12. The summed E-state index contributed by atoms with van der Waals surface area (Å²) in [5.74, 6) is -0.0376. The normalized spacial score (nSPS) is 24.7. The van der Waals surface area contributed by atoms with E-state index in [1.807, 2.05) is 0 Å². The maximum absolute atomic E-state index is 13.4. The highest BCUT2D eigenvalue weighted by Crippen LogP contribution is 2.30. The number of hydrogen-bond acceptors (Lipinski definition) is 1. The molecule has 16 heavy (non-hydrogen) atoms. The second-order valence-electron chi connectivity index (χ2n) is 4.55. The summed E-state index contributed by atoms with van der Waals surface area (Å²) >= 11 is 0. The molecular weight excluding hydrogens is 208 g/mol. The Bertz CT molecular complexity index is 365. The quantitative estimate of drug-likeness (QED) is 0.821. The molecule has 1 nitrogen and oxygen atoms in total. The van der Waals surface area contributed by atoms with Gasteiger partial charge in [0.05, 0.1) is 5.69 Å². The van der Waals surface area contributed by atoms with Crippen molar-refractivity contribution in [1.29, 1.82) is 0 Å². The Kier molecular flexibility index (Phi) is 3.42. The monoisotopic (exact) mass is 225 g/mol. The molecule has 88 valence electrons. The molecule has 1 aliphatic carbocycles. The Morgan fingerprint density at radius 2 is 2.12 bits per heavy atom. The van der Waals surface area contributed by atoms with Gasteiger partial charge < -0.3 is 5.32 Å². The molecule has 2 atom stereocenters. The number of nitrogens with one attached hydrogen (secondary N) is 1. The van der Waals surface area contributed by atoms with E-state index in [0.29, 0.717) is 11.7 Å². The van der Waals surface area contributed by atoms with Crippen LogP contribution in [0.5, 0.6) is 0 Å². The highest BCUT2D eigenvalue weighted by molar-refractivity contribution is 5.45. The van der Waals surface area contributed by atoms with Gasteiger partial charge in [0, 0.05) is 6.04 Å². The second kappa shape index (κ2) is 4.81. The van der Waals surface area contributed by atoms with Crippen molar-refractivity contribution in [2.24, 2.45) is 5.92 Å². The molecule has 1 saturated carbocycles. The van der Waals surface area contributed by atoms with Crippen LogP contribution in [0.3, 0.4) is 0 Å². The Labute approximate surface area is 94.9 Å². The van der Waals surface area contributed by atoms with E-state index in [0.717, 1.165) is 24.8 Å². The van der Waals surface area contributed by atoms with Crippen LogP contribution < -0.4 is 5.32 Å². The molecule has 1 N–H and O–H groups in total. The van der Waals surface area contributed by atoms with Gasteiger partial charge in [-0.25, -0.2) is 8.78 Å². The van der Waals surface area contributed by atoms with Crippen LogP contribution in [0, 0.1) is 17.6 Å². The van der Waals surface area contributed by atoms with Crippen LogP contribution in [-0.4, -0.2) is 6.04 Å². The van der Waals surface area contributed by atoms with Crippen LogP contribution >= 0.6 is 0 Å². The van der Waals surface area contributed by atoms with E-state index in [1.165, 1.54) is 25.0 Å². The minimum Gasteiger partial charge on any atom is -0.380 e. The van der Waals surface area contributed by atoms with Crippen LogP contribution in [0.4, 0.5) is 14.5 Å². The molecule has 0 radical (unpaired) electrons. The number of hydrogen-bond donors (Lipinski definition) is 1. The topological polar surface area (TPSA) is 12.0 Å². The molecule has 0 amide bonds. The van der Waals surface area contributed by atoms with E-state index in [2.05, 4.69) is 12.2 Å². The van der Waals surface area contributed by atoms with Gasteiger partial charge >= 0.3 is 0 Å². The van der Waals surface area contributed by atoms with E-state index in [4.69, 9.17) is 0 Å². The predicted octanol–water partition coefficient (Wildman–Crippen LogP) is 3.96. The standard InChI is InChI=1S/C13H17F2N/c1-2-9-3-5-11(7-9)16-13-8-10(14)4-6-12(13)15/h4,6,8-9,11,16H,2-3,5,7H2,1H3. The van der Waals surface area contributed by atoms with Gasteiger partial charge in [0.2, 0.25) is 0 Å². The van der Waals surface area contributed by atoms with Gasteiger partial charge in [0.1, 0.15) is 11.6 Å². The largest absolute Gasteiger partial charge is 0.380 e. The van der Waals surface area contributed by atoms with Crippen molar-refractivity contribution in [2.75, 3.05) is 5.32 Å². The Morgan fingerprint density at radius 3 is 2.81 bits per heavy atom. The van der Waals surface area contributed by atoms with Gasteiger partial charge in [-0.3, -0.25) is 0 Å². The van der Waals surface area contributed by atoms with Crippen LogP contribution in [0.2, 0.25) is 0 Å². The van der Waals surface area contributed by atoms with Crippen molar-refractivity contribution in [1.82, 2.24) is 0 Å². The smallest absolute Gasteiger partial charge is 0.146 e. The fourth-order valence-electron chi connectivity index (χ4n) is 2.40. The summed E-state index contributed by atoms with van der Waals surface area (Å²) in [5.41, 5.74) is 0.293. The Morgan fingerprint density at radius 1 is 1.31 bits per heavy atom. The summed E-state index contributed by atoms with van der Waals surface area (Å²) in [7, 11) is 0. The summed E-state index contributed by atoms with van der Waals surface area (Å²) in [6.45, 7) is 2.18. The number of benzene rings is 1. The molecule has 1 aromatic carbocycles. The van der Waals surface area contributed by atoms with Crippen LogP contribution in [0.25, 0.3) is 0 Å². The van der Waals surface area contributed by atoms with Crippen molar-refractivity contribution >= 4 is 5.69 Å². The van der Waals surface area contributed by atoms with Crippen LogP contribution in [0.1, 0.15) is 32.6 Å². The molecule has 0 aromatic heterocycles. The molecular formula is C13H17F2N. The van der Waals surface area contributed by atoms with Crippen molar-refractivity contribution in [3.05, 3.63) is 29.8 Å². The zero-order valence-corrected chi connectivity index (χ0v) is 9.47. The summed E-state index contributed by atoms with van der Waals surface area (Å²) in [6.07, 6.45) is 4.47. The van der Waals surface area contributed by atoms with Gasteiger partial charge in [0.25, 0.3) is 0 Å². The molecule has 0 spiro atoms. The molecule has 0 heterocycles. The van der Waals surface area contributed by atoms with E-state index >= 15 is 0 Å². The lowest BCUT2D eigenvalue weighted by atomic mass is 10.1. The maximum Gasteiger partial charge on any atom is 0.146 e. The first-order chi connectivity index (χ1) is 7.69. The zero-order chi connectivity index (χ0) is 11.5. The number of rotatable bonds is 3. The third-order valence-electron chi connectivity index (χ3n) is 3.41. The Balaban J connectivity index is 2.01. The summed E-state index contributed by atoms with van der Waals surface area (Å²) in [6, 6.07) is 3.84. The molecule has 1 fully saturated rings. The van der Waals surface area contributed by atoms with Crippen LogP contribution in [0.15, 0.2) is 18.2 Å². The third-order valence-corrected chi connectivity index (χ3v) is 3.41. The fraction of sp³-hybridized carbons (Fsp3) is 0.538. The SMILES string of the molecule is CCC1CCC(Nc2cc(F)ccc2F)C1. The van der Waals surface area contributed by atoms with Crippen molar-refractivity contribution in [2.45, 2.75) is 38.6 Å². The lowest BCUT2D eigenvalue weighted by Crippen LogP contribution is -2.16. The zero-order valence-electron chi connectivity index (χ0n) is 9.47. The minimum atomic E-state index is -0.395. The fourth-order valence-corrected chi connectivity index (χ4v) is 2.40. The maximum atomic E-state index is 13.4. The molecule has 0 saturated heterocycles. The van der Waals surface area contributed by atoms with Gasteiger partial charge in [-0.05, 0) is 43.4 Å². The van der Waals surface area contributed by atoms with E-state index in [-0.39, 0.29) is 5.82 Å². The number of anilines is 1. The molecule has 0 aliphatic heterocycles. The molecule has 3 heteroatoms. The molecule has 0 bridgehead atoms. The summed E-state index contributed by atoms with van der Waals surface area (Å²) < 4.78 is 26.3. The van der Waals surface area contributed by atoms with E-state index < -0.39 is 5.82 Å². The molecule has 2 unspecified atom stereocenters.